The van der Waals surface area contributed by atoms with Gasteiger partial charge in [-0.1, -0.05) is 36.5 Å². The van der Waals surface area contributed by atoms with Crippen molar-refractivity contribution in [1.82, 2.24) is 4.98 Å². The van der Waals surface area contributed by atoms with E-state index in [4.69, 9.17) is 0 Å². The van der Waals surface area contributed by atoms with E-state index in [9.17, 15) is 4.79 Å². The predicted octanol–water partition coefficient (Wildman–Crippen LogP) is 5.28. The van der Waals surface area contributed by atoms with E-state index in [0.717, 1.165) is 20.9 Å². The van der Waals surface area contributed by atoms with E-state index in [1.165, 1.54) is 22.5 Å². The van der Waals surface area contributed by atoms with Crippen molar-refractivity contribution >= 4 is 44.4 Å². The number of aromatic nitrogens is 1. The zero-order chi connectivity index (χ0) is 16.4. The molecule has 3 nitrogen and oxygen atoms in total. The average Bonchev–Trinajstić information content (AvgIpc) is 2.90. The lowest BCUT2D eigenvalue weighted by molar-refractivity contribution is 0.102. The second-order valence-electron chi connectivity index (χ2n) is 5.33. The molecule has 1 N–H and O–H groups in total. The first-order chi connectivity index (χ1) is 11.1. The van der Waals surface area contributed by atoms with Crippen molar-refractivity contribution in [2.24, 2.45) is 0 Å². The van der Waals surface area contributed by atoms with E-state index in [1.807, 2.05) is 24.3 Å². The maximum absolute atomic E-state index is 12.6. The molecular weight excluding hydrogens is 324 g/mol. The van der Waals surface area contributed by atoms with Gasteiger partial charge in [0.1, 0.15) is 0 Å². The Morgan fingerprint density at radius 1 is 1.26 bits per heavy atom. The number of amides is 1. The van der Waals surface area contributed by atoms with E-state index >= 15 is 0 Å². The summed E-state index contributed by atoms with van der Waals surface area (Å²) >= 11 is 3.20. The molecule has 118 valence electrons. The molecule has 1 amide bonds. The molecule has 2 aromatic carbocycles. The quantitative estimate of drug-likeness (QED) is 0.656. The molecule has 0 bridgehead atoms. The molecular formula is C18H18N2OS2. The van der Waals surface area contributed by atoms with Crippen LogP contribution in [0.15, 0.2) is 41.3 Å². The van der Waals surface area contributed by atoms with Crippen LogP contribution in [0.5, 0.6) is 0 Å². The monoisotopic (exact) mass is 342 g/mol. The third kappa shape index (κ3) is 3.41. The van der Waals surface area contributed by atoms with Gasteiger partial charge in [0.2, 0.25) is 0 Å². The number of nitrogens with one attached hydrogen (secondary N) is 1. The molecule has 0 atom stereocenters. The van der Waals surface area contributed by atoms with Gasteiger partial charge in [-0.15, -0.1) is 11.8 Å². The molecule has 0 fully saturated rings. The second kappa shape index (κ2) is 6.72. The maximum Gasteiger partial charge on any atom is 0.258 e. The second-order valence-corrected chi connectivity index (χ2v) is 7.64. The number of thiazole rings is 1. The molecule has 0 saturated heterocycles. The van der Waals surface area contributed by atoms with Gasteiger partial charge >= 0.3 is 0 Å². The Kier molecular flexibility index (Phi) is 4.68. The summed E-state index contributed by atoms with van der Waals surface area (Å²) in [6.45, 7) is 6.21. The van der Waals surface area contributed by atoms with Crippen LogP contribution in [-0.2, 0) is 0 Å². The van der Waals surface area contributed by atoms with Crippen molar-refractivity contribution in [3.8, 4) is 0 Å². The Labute approximate surface area is 144 Å². The highest BCUT2D eigenvalue weighted by Crippen LogP contribution is 2.30. The summed E-state index contributed by atoms with van der Waals surface area (Å²) < 4.78 is 1.13. The van der Waals surface area contributed by atoms with Crippen molar-refractivity contribution < 1.29 is 4.79 Å². The minimum absolute atomic E-state index is 0.102. The zero-order valence-corrected chi connectivity index (χ0v) is 15.0. The fourth-order valence-electron chi connectivity index (χ4n) is 2.53. The minimum Gasteiger partial charge on any atom is -0.298 e. The van der Waals surface area contributed by atoms with E-state index in [-0.39, 0.29) is 5.91 Å². The van der Waals surface area contributed by atoms with Crippen molar-refractivity contribution in [2.75, 3.05) is 11.1 Å². The number of hydrogen-bond donors (Lipinski definition) is 1. The molecule has 0 aliphatic carbocycles. The number of thioether (sulfide) groups is 1. The van der Waals surface area contributed by atoms with Gasteiger partial charge in [0.15, 0.2) is 5.13 Å². The van der Waals surface area contributed by atoms with Gasteiger partial charge in [-0.25, -0.2) is 4.98 Å². The van der Waals surface area contributed by atoms with Crippen LogP contribution < -0.4 is 5.32 Å². The molecule has 0 radical (unpaired) electrons. The van der Waals surface area contributed by atoms with Crippen LogP contribution in [0.3, 0.4) is 0 Å². The molecule has 0 aliphatic rings. The molecule has 3 aromatic rings. The van der Waals surface area contributed by atoms with Crippen molar-refractivity contribution in [3.05, 3.63) is 53.1 Å². The molecule has 1 aromatic heterocycles. The van der Waals surface area contributed by atoms with Crippen molar-refractivity contribution in [1.29, 1.82) is 0 Å². The summed E-state index contributed by atoms with van der Waals surface area (Å²) in [7, 11) is 0. The Balaban J connectivity index is 1.90. The number of benzene rings is 2. The fraction of sp³-hybridized carbons (Fsp3) is 0.222. The van der Waals surface area contributed by atoms with E-state index < -0.39 is 0 Å². The topological polar surface area (TPSA) is 42.0 Å². The SMILES string of the molecule is CCSc1ccccc1C(=O)Nc1nc2cc(C)cc(C)c2s1. The summed E-state index contributed by atoms with van der Waals surface area (Å²) in [5.41, 5.74) is 4.02. The summed E-state index contributed by atoms with van der Waals surface area (Å²) in [6.07, 6.45) is 0. The van der Waals surface area contributed by atoms with Gasteiger partial charge in [-0.3, -0.25) is 10.1 Å². The molecule has 0 spiro atoms. The lowest BCUT2D eigenvalue weighted by Crippen LogP contribution is -2.12. The highest BCUT2D eigenvalue weighted by molar-refractivity contribution is 7.99. The summed E-state index contributed by atoms with van der Waals surface area (Å²) in [4.78, 5) is 18.1. The number of anilines is 1. The Morgan fingerprint density at radius 2 is 2.04 bits per heavy atom. The normalized spacial score (nSPS) is 10.9. The first-order valence-corrected chi connectivity index (χ1v) is 9.29. The van der Waals surface area contributed by atoms with E-state index in [1.54, 1.807) is 11.8 Å². The molecule has 1 heterocycles. The minimum atomic E-state index is -0.102. The smallest absolute Gasteiger partial charge is 0.258 e. The van der Waals surface area contributed by atoms with Gasteiger partial charge < -0.3 is 0 Å². The van der Waals surface area contributed by atoms with Gasteiger partial charge in [0, 0.05) is 4.90 Å². The standard InChI is InChI=1S/C18H18N2OS2/c1-4-22-15-8-6-5-7-13(15)17(21)20-18-19-14-10-11(2)9-12(3)16(14)23-18/h5-10H,4H2,1-3H3,(H,19,20,21). The van der Waals surface area contributed by atoms with Crippen LogP contribution in [0.25, 0.3) is 10.2 Å². The van der Waals surface area contributed by atoms with Crippen LogP contribution >= 0.6 is 23.1 Å². The van der Waals surface area contributed by atoms with Crippen LogP contribution in [-0.4, -0.2) is 16.6 Å². The number of rotatable bonds is 4. The fourth-order valence-corrected chi connectivity index (χ4v) is 4.24. The van der Waals surface area contributed by atoms with E-state index in [2.05, 4.69) is 43.2 Å². The number of carbonyl (C=O) groups excluding carboxylic acids is 1. The summed E-state index contributed by atoms with van der Waals surface area (Å²) in [5.74, 6) is 0.833. The van der Waals surface area contributed by atoms with Gasteiger partial charge in [0.25, 0.3) is 5.91 Å². The Hall–Kier alpha value is -1.85. The first kappa shape index (κ1) is 16.0. The van der Waals surface area contributed by atoms with Crippen LogP contribution in [0.1, 0.15) is 28.4 Å². The Bertz CT molecular complexity index is 871. The number of carbonyl (C=O) groups is 1. The highest BCUT2D eigenvalue weighted by Gasteiger charge is 2.14. The number of aryl methyl sites for hydroxylation is 2. The maximum atomic E-state index is 12.6. The van der Waals surface area contributed by atoms with Crippen molar-refractivity contribution in [3.63, 3.8) is 0 Å². The molecule has 0 unspecified atom stereocenters. The zero-order valence-electron chi connectivity index (χ0n) is 13.3. The molecule has 23 heavy (non-hydrogen) atoms. The summed E-state index contributed by atoms with van der Waals surface area (Å²) in [5, 5.41) is 3.60. The summed E-state index contributed by atoms with van der Waals surface area (Å²) in [6, 6.07) is 11.9. The van der Waals surface area contributed by atoms with Gasteiger partial charge in [0.05, 0.1) is 15.8 Å². The van der Waals surface area contributed by atoms with Gasteiger partial charge in [-0.05, 0) is 48.9 Å². The Morgan fingerprint density at radius 3 is 2.83 bits per heavy atom. The largest absolute Gasteiger partial charge is 0.298 e. The highest BCUT2D eigenvalue weighted by atomic mass is 32.2. The van der Waals surface area contributed by atoms with Crippen molar-refractivity contribution in [2.45, 2.75) is 25.7 Å². The van der Waals surface area contributed by atoms with E-state index in [0.29, 0.717) is 10.7 Å². The average molecular weight is 342 g/mol. The predicted molar refractivity (Wildman–Crippen MR) is 99.9 cm³/mol. The lowest BCUT2D eigenvalue weighted by Gasteiger charge is -2.07. The number of hydrogen-bond acceptors (Lipinski definition) is 4. The number of nitrogens with zero attached hydrogens (tertiary/aromatic N) is 1. The molecule has 0 aliphatic heterocycles. The van der Waals surface area contributed by atoms with Crippen LogP contribution in [0.2, 0.25) is 0 Å². The molecule has 3 rings (SSSR count). The van der Waals surface area contributed by atoms with Crippen LogP contribution in [0, 0.1) is 13.8 Å². The van der Waals surface area contributed by atoms with Gasteiger partial charge in [-0.2, -0.15) is 0 Å². The molecule has 0 saturated carbocycles. The van der Waals surface area contributed by atoms with Crippen LogP contribution in [0.4, 0.5) is 5.13 Å². The molecule has 5 heteroatoms. The first-order valence-electron chi connectivity index (χ1n) is 7.49. The third-order valence-corrected chi connectivity index (χ3v) is 5.55. The third-order valence-electron chi connectivity index (χ3n) is 3.47. The lowest BCUT2D eigenvalue weighted by atomic mass is 10.1. The number of fused-ring (bicyclic) bond motifs is 1.